The molecule has 1 aromatic carbocycles. The molecule has 0 bridgehead atoms. The zero-order chi connectivity index (χ0) is 12.4. The number of hydrogen-bond donors (Lipinski definition) is 1. The van der Waals surface area contributed by atoms with E-state index < -0.39 is 0 Å². The summed E-state index contributed by atoms with van der Waals surface area (Å²) >= 11 is 3.41. The van der Waals surface area contributed by atoms with E-state index >= 15 is 0 Å². The summed E-state index contributed by atoms with van der Waals surface area (Å²) in [5, 5.41) is 3.79. The number of nitrogens with zero attached hydrogens (tertiary/aromatic N) is 1. The molecule has 90 valence electrons. The molecule has 0 radical (unpaired) electrons. The van der Waals surface area contributed by atoms with Gasteiger partial charge in [-0.05, 0) is 18.2 Å². The zero-order valence-corrected chi connectivity index (χ0v) is 11.1. The fourth-order valence-corrected chi connectivity index (χ4v) is 2.27. The maximum absolute atomic E-state index is 13.8. The van der Waals surface area contributed by atoms with Crippen LogP contribution in [0.2, 0.25) is 0 Å². The highest BCUT2D eigenvalue weighted by atomic mass is 79.9. The molecule has 3 nitrogen and oxygen atoms in total. The Hall–Kier alpha value is -1.20. The molecule has 1 aromatic heterocycles. The van der Waals surface area contributed by atoms with Crippen LogP contribution in [-0.2, 0) is 11.3 Å². The fraction of sp³-hybridized carbons (Fsp3) is 0.250. The van der Waals surface area contributed by atoms with Gasteiger partial charge in [-0.25, -0.2) is 9.37 Å². The smallest absolute Gasteiger partial charge is 0.149 e. The van der Waals surface area contributed by atoms with Gasteiger partial charge in [0, 0.05) is 29.7 Å². The Morgan fingerprint density at radius 2 is 2.24 bits per heavy atom. The second-order valence-electron chi connectivity index (χ2n) is 3.60. The standard InChI is InChI=1S/C12H12BrFN2O/c1-15-10-5-7(6-17-2)16-12-9(14)4-3-8(13)11(10)12/h3-5H,6H2,1-2H3,(H,15,16). The van der Waals surface area contributed by atoms with E-state index in [2.05, 4.69) is 26.2 Å². The third-order valence-corrected chi connectivity index (χ3v) is 3.14. The Balaban J connectivity index is 2.77. The Morgan fingerprint density at radius 1 is 1.47 bits per heavy atom. The van der Waals surface area contributed by atoms with Gasteiger partial charge in [-0.15, -0.1) is 0 Å². The van der Waals surface area contributed by atoms with Gasteiger partial charge in [0.25, 0.3) is 0 Å². The Kier molecular flexibility index (Phi) is 3.59. The number of methoxy groups -OCH3 is 1. The number of fused-ring (bicyclic) bond motifs is 1. The van der Waals surface area contributed by atoms with E-state index in [0.29, 0.717) is 17.8 Å². The van der Waals surface area contributed by atoms with Crippen LogP contribution in [0.25, 0.3) is 10.9 Å². The van der Waals surface area contributed by atoms with Gasteiger partial charge in [0.1, 0.15) is 11.3 Å². The summed E-state index contributed by atoms with van der Waals surface area (Å²) < 4.78 is 19.6. The summed E-state index contributed by atoms with van der Waals surface area (Å²) in [5.41, 5.74) is 1.87. The number of aromatic nitrogens is 1. The molecular weight excluding hydrogens is 287 g/mol. The van der Waals surface area contributed by atoms with Crippen molar-refractivity contribution in [2.75, 3.05) is 19.5 Å². The van der Waals surface area contributed by atoms with Crippen molar-refractivity contribution in [2.45, 2.75) is 6.61 Å². The molecule has 2 rings (SSSR count). The van der Waals surface area contributed by atoms with Gasteiger partial charge in [-0.1, -0.05) is 15.9 Å². The maximum atomic E-state index is 13.8. The van der Waals surface area contributed by atoms with Crippen molar-refractivity contribution in [3.05, 3.63) is 34.2 Å². The molecule has 0 saturated carbocycles. The monoisotopic (exact) mass is 298 g/mol. The van der Waals surface area contributed by atoms with Gasteiger partial charge in [-0.2, -0.15) is 0 Å². The van der Waals surface area contributed by atoms with E-state index in [0.717, 1.165) is 15.5 Å². The Labute approximate surface area is 107 Å². The molecule has 0 saturated heterocycles. The first-order chi connectivity index (χ1) is 8.17. The molecule has 17 heavy (non-hydrogen) atoms. The SMILES string of the molecule is CNc1cc(COC)nc2c(F)ccc(Br)c12. The molecule has 0 fully saturated rings. The molecule has 1 N–H and O–H groups in total. The van der Waals surface area contributed by atoms with Gasteiger partial charge in [0.05, 0.1) is 12.3 Å². The predicted molar refractivity (Wildman–Crippen MR) is 69.7 cm³/mol. The number of halogens is 2. The Morgan fingerprint density at radius 3 is 2.88 bits per heavy atom. The van der Waals surface area contributed by atoms with Gasteiger partial charge < -0.3 is 10.1 Å². The van der Waals surface area contributed by atoms with Crippen LogP contribution >= 0.6 is 15.9 Å². The minimum absolute atomic E-state index is 0.336. The van der Waals surface area contributed by atoms with Crippen LogP contribution < -0.4 is 5.32 Å². The minimum Gasteiger partial charge on any atom is -0.387 e. The molecule has 0 aliphatic rings. The first-order valence-corrected chi connectivity index (χ1v) is 5.91. The van der Waals surface area contributed by atoms with E-state index in [-0.39, 0.29) is 5.82 Å². The average Bonchev–Trinajstić information content (AvgIpc) is 2.33. The third-order valence-electron chi connectivity index (χ3n) is 2.48. The average molecular weight is 299 g/mol. The molecular formula is C12H12BrFN2O. The summed E-state index contributed by atoms with van der Waals surface area (Å²) in [6.45, 7) is 0.358. The Bertz CT molecular complexity index is 560. The summed E-state index contributed by atoms with van der Waals surface area (Å²) in [4.78, 5) is 4.26. The fourth-order valence-electron chi connectivity index (χ4n) is 1.74. The number of hydrogen-bond acceptors (Lipinski definition) is 3. The summed E-state index contributed by atoms with van der Waals surface area (Å²) in [6, 6.07) is 4.93. The van der Waals surface area contributed by atoms with Crippen LogP contribution in [0.4, 0.5) is 10.1 Å². The number of ether oxygens (including phenoxy) is 1. The highest BCUT2D eigenvalue weighted by molar-refractivity contribution is 9.10. The largest absolute Gasteiger partial charge is 0.387 e. The van der Waals surface area contributed by atoms with E-state index in [1.807, 2.05) is 6.07 Å². The van der Waals surface area contributed by atoms with Crippen LogP contribution in [0.5, 0.6) is 0 Å². The number of rotatable bonds is 3. The lowest BCUT2D eigenvalue weighted by Crippen LogP contribution is -1.99. The summed E-state index contributed by atoms with van der Waals surface area (Å²) in [5.74, 6) is -0.336. The normalized spacial score (nSPS) is 10.8. The van der Waals surface area contributed by atoms with E-state index in [1.54, 1.807) is 20.2 Å². The van der Waals surface area contributed by atoms with Crippen LogP contribution in [0, 0.1) is 5.82 Å². The van der Waals surface area contributed by atoms with Crippen molar-refractivity contribution in [2.24, 2.45) is 0 Å². The van der Waals surface area contributed by atoms with Crippen molar-refractivity contribution in [3.63, 3.8) is 0 Å². The summed E-state index contributed by atoms with van der Waals surface area (Å²) in [6.07, 6.45) is 0. The number of nitrogens with one attached hydrogen (secondary N) is 1. The van der Waals surface area contributed by atoms with Crippen molar-refractivity contribution in [1.82, 2.24) is 4.98 Å². The number of pyridine rings is 1. The lowest BCUT2D eigenvalue weighted by Gasteiger charge is -2.10. The molecule has 0 spiro atoms. The van der Waals surface area contributed by atoms with E-state index in [4.69, 9.17) is 4.74 Å². The predicted octanol–water partition coefficient (Wildman–Crippen LogP) is 3.32. The van der Waals surface area contributed by atoms with Gasteiger partial charge in [0.2, 0.25) is 0 Å². The van der Waals surface area contributed by atoms with Crippen LogP contribution in [0.15, 0.2) is 22.7 Å². The molecule has 1 heterocycles. The third kappa shape index (κ3) is 2.25. The first-order valence-electron chi connectivity index (χ1n) is 5.11. The van der Waals surface area contributed by atoms with Gasteiger partial charge in [-0.3, -0.25) is 0 Å². The number of anilines is 1. The molecule has 0 atom stereocenters. The molecule has 0 amide bonds. The van der Waals surface area contributed by atoms with Crippen molar-refractivity contribution < 1.29 is 9.13 Å². The second-order valence-corrected chi connectivity index (χ2v) is 4.45. The van der Waals surface area contributed by atoms with Crippen molar-refractivity contribution in [1.29, 1.82) is 0 Å². The van der Waals surface area contributed by atoms with Crippen LogP contribution in [0.3, 0.4) is 0 Å². The highest BCUT2D eigenvalue weighted by Gasteiger charge is 2.11. The topological polar surface area (TPSA) is 34.1 Å². The van der Waals surface area contributed by atoms with Crippen molar-refractivity contribution in [3.8, 4) is 0 Å². The number of benzene rings is 1. The zero-order valence-electron chi connectivity index (χ0n) is 9.55. The van der Waals surface area contributed by atoms with Crippen LogP contribution in [-0.4, -0.2) is 19.1 Å². The molecule has 0 aliphatic carbocycles. The minimum atomic E-state index is -0.336. The quantitative estimate of drug-likeness (QED) is 0.944. The first kappa shape index (κ1) is 12.3. The van der Waals surface area contributed by atoms with E-state index in [1.165, 1.54) is 6.07 Å². The molecule has 5 heteroatoms. The maximum Gasteiger partial charge on any atom is 0.149 e. The van der Waals surface area contributed by atoms with Gasteiger partial charge in [0.15, 0.2) is 0 Å². The molecule has 2 aromatic rings. The van der Waals surface area contributed by atoms with E-state index in [9.17, 15) is 4.39 Å². The van der Waals surface area contributed by atoms with Crippen molar-refractivity contribution >= 4 is 32.5 Å². The van der Waals surface area contributed by atoms with Gasteiger partial charge >= 0.3 is 0 Å². The lowest BCUT2D eigenvalue weighted by molar-refractivity contribution is 0.182. The lowest BCUT2D eigenvalue weighted by atomic mass is 10.1. The second kappa shape index (κ2) is 4.98. The summed E-state index contributed by atoms with van der Waals surface area (Å²) in [7, 11) is 3.38. The molecule has 0 unspecified atom stereocenters. The van der Waals surface area contributed by atoms with Crippen LogP contribution in [0.1, 0.15) is 5.69 Å². The molecule has 0 aliphatic heterocycles. The highest BCUT2D eigenvalue weighted by Crippen LogP contribution is 2.31.